The van der Waals surface area contributed by atoms with Crippen molar-refractivity contribution in [3.05, 3.63) is 91.8 Å². The highest BCUT2D eigenvalue weighted by atomic mass is 35.5. The molecule has 0 aliphatic heterocycles. The smallest absolute Gasteiger partial charge is 0.266 e. The summed E-state index contributed by atoms with van der Waals surface area (Å²) in [5.74, 6) is 0.572. The minimum Gasteiger partial charge on any atom is -0.266 e. The van der Waals surface area contributed by atoms with Gasteiger partial charge in [0.1, 0.15) is 0 Å². The van der Waals surface area contributed by atoms with Crippen LogP contribution in [0.2, 0.25) is 15.1 Å². The predicted molar refractivity (Wildman–Crippen MR) is 116 cm³/mol. The van der Waals surface area contributed by atoms with Crippen molar-refractivity contribution in [3.63, 3.8) is 0 Å². The Hall–Kier alpha value is -2.05. The number of thioether (sulfide) groups is 1. The maximum absolute atomic E-state index is 13.1. The van der Waals surface area contributed by atoms with Crippen LogP contribution in [0.15, 0.2) is 70.7 Å². The molecule has 4 aromatic rings. The summed E-state index contributed by atoms with van der Waals surface area (Å²) < 4.78 is 1.55. The van der Waals surface area contributed by atoms with Crippen LogP contribution < -0.4 is 5.56 Å². The highest BCUT2D eigenvalue weighted by molar-refractivity contribution is 7.98. The molecule has 140 valence electrons. The second-order valence-corrected chi connectivity index (χ2v) is 8.11. The maximum Gasteiger partial charge on any atom is 0.285 e. The Balaban J connectivity index is 1.81. The maximum atomic E-state index is 13.1. The average molecular weight is 449 g/mol. The molecule has 0 amide bonds. The van der Waals surface area contributed by atoms with E-state index in [9.17, 15) is 4.79 Å². The first-order valence-electron chi connectivity index (χ1n) is 8.23. The Labute approximate surface area is 180 Å². The van der Waals surface area contributed by atoms with Gasteiger partial charge >= 0.3 is 0 Å². The summed E-state index contributed by atoms with van der Waals surface area (Å²) in [7, 11) is 0. The molecule has 0 bridgehead atoms. The minimum absolute atomic E-state index is 0.232. The zero-order valence-corrected chi connectivity index (χ0v) is 17.4. The van der Waals surface area contributed by atoms with E-state index in [-0.39, 0.29) is 5.56 Å². The Morgan fingerprint density at radius 1 is 0.964 bits per heavy atom. The first kappa shape index (κ1) is 19.3. The molecule has 0 spiro atoms. The van der Waals surface area contributed by atoms with Gasteiger partial charge in [-0.15, -0.1) is 0 Å². The fourth-order valence-corrected chi connectivity index (χ4v) is 4.09. The van der Waals surface area contributed by atoms with Crippen molar-refractivity contribution in [2.75, 3.05) is 0 Å². The standard InChI is InChI=1S/C20H12Cl3N3OS/c21-13-4-6-14(7-5-13)26-19(27)18-17(2-1-9-24-18)25-20(26)28-11-12-3-8-15(22)16(23)10-12/h1-10H,11H2. The first-order chi connectivity index (χ1) is 13.5. The molecule has 0 aliphatic carbocycles. The molecule has 0 fully saturated rings. The van der Waals surface area contributed by atoms with E-state index < -0.39 is 0 Å². The van der Waals surface area contributed by atoms with Crippen molar-refractivity contribution in [2.45, 2.75) is 10.9 Å². The lowest BCUT2D eigenvalue weighted by molar-refractivity contribution is 0.815. The number of rotatable bonds is 4. The van der Waals surface area contributed by atoms with Crippen molar-refractivity contribution >= 4 is 57.6 Å². The molecule has 28 heavy (non-hydrogen) atoms. The summed E-state index contributed by atoms with van der Waals surface area (Å²) in [4.78, 5) is 22.0. The summed E-state index contributed by atoms with van der Waals surface area (Å²) in [5.41, 5.74) is 2.28. The van der Waals surface area contributed by atoms with E-state index in [1.54, 1.807) is 53.2 Å². The average Bonchev–Trinajstić information content (AvgIpc) is 2.70. The Kier molecular flexibility index (Phi) is 5.60. The van der Waals surface area contributed by atoms with E-state index in [4.69, 9.17) is 34.8 Å². The van der Waals surface area contributed by atoms with Crippen LogP contribution in [0.1, 0.15) is 5.56 Å². The monoisotopic (exact) mass is 447 g/mol. The van der Waals surface area contributed by atoms with Crippen LogP contribution in [0.4, 0.5) is 0 Å². The van der Waals surface area contributed by atoms with Crippen LogP contribution in [0.25, 0.3) is 16.7 Å². The lowest BCUT2D eigenvalue weighted by Crippen LogP contribution is -2.22. The van der Waals surface area contributed by atoms with Gasteiger partial charge in [-0.2, -0.15) is 0 Å². The number of hydrogen-bond donors (Lipinski definition) is 0. The number of aromatic nitrogens is 3. The number of fused-ring (bicyclic) bond motifs is 1. The molecule has 0 N–H and O–H groups in total. The molecular formula is C20H12Cl3N3OS. The normalized spacial score (nSPS) is 11.1. The molecule has 0 radical (unpaired) electrons. The van der Waals surface area contributed by atoms with Gasteiger partial charge in [-0.25, -0.2) is 9.97 Å². The van der Waals surface area contributed by atoms with Crippen molar-refractivity contribution < 1.29 is 0 Å². The van der Waals surface area contributed by atoms with Crippen LogP contribution in [0, 0.1) is 0 Å². The first-order valence-corrected chi connectivity index (χ1v) is 10.4. The molecule has 4 rings (SSSR count). The van der Waals surface area contributed by atoms with Gasteiger partial charge in [0.25, 0.3) is 5.56 Å². The number of nitrogens with zero attached hydrogens (tertiary/aromatic N) is 3. The van der Waals surface area contributed by atoms with Crippen molar-refractivity contribution in [1.82, 2.24) is 14.5 Å². The van der Waals surface area contributed by atoms with E-state index >= 15 is 0 Å². The van der Waals surface area contributed by atoms with Crippen molar-refractivity contribution in [1.29, 1.82) is 0 Å². The number of hydrogen-bond acceptors (Lipinski definition) is 4. The van der Waals surface area contributed by atoms with Gasteiger partial charge in [-0.05, 0) is 54.1 Å². The molecule has 2 heterocycles. The molecular weight excluding hydrogens is 437 g/mol. The minimum atomic E-state index is -0.232. The molecule has 0 atom stereocenters. The van der Waals surface area contributed by atoms with E-state index in [1.807, 2.05) is 12.1 Å². The van der Waals surface area contributed by atoms with Gasteiger partial charge in [0.2, 0.25) is 0 Å². The van der Waals surface area contributed by atoms with Crippen molar-refractivity contribution in [3.8, 4) is 5.69 Å². The number of halogens is 3. The van der Waals surface area contributed by atoms with Gasteiger partial charge in [0.15, 0.2) is 10.7 Å². The molecule has 8 heteroatoms. The molecule has 2 aromatic carbocycles. The topological polar surface area (TPSA) is 47.8 Å². The third kappa shape index (κ3) is 3.89. The highest BCUT2D eigenvalue weighted by Gasteiger charge is 2.14. The second-order valence-electron chi connectivity index (χ2n) is 5.92. The van der Waals surface area contributed by atoms with Crippen LogP contribution >= 0.6 is 46.6 Å². The van der Waals surface area contributed by atoms with Crippen LogP contribution in [-0.4, -0.2) is 14.5 Å². The largest absolute Gasteiger partial charge is 0.285 e. The molecule has 0 aliphatic rings. The van der Waals surface area contributed by atoms with Gasteiger partial charge in [0, 0.05) is 17.0 Å². The molecule has 4 nitrogen and oxygen atoms in total. The van der Waals surface area contributed by atoms with Gasteiger partial charge < -0.3 is 0 Å². The van der Waals surface area contributed by atoms with Crippen LogP contribution in [0.3, 0.4) is 0 Å². The Morgan fingerprint density at radius 2 is 1.75 bits per heavy atom. The molecule has 2 aromatic heterocycles. The molecule has 0 unspecified atom stereocenters. The zero-order valence-electron chi connectivity index (χ0n) is 14.3. The Morgan fingerprint density at radius 3 is 2.50 bits per heavy atom. The third-order valence-electron chi connectivity index (χ3n) is 4.04. The van der Waals surface area contributed by atoms with E-state index in [0.717, 1.165) is 5.56 Å². The van der Waals surface area contributed by atoms with Crippen LogP contribution in [0.5, 0.6) is 0 Å². The third-order valence-corrected chi connectivity index (χ3v) is 6.04. The van der Waals surface area contributed by atoms with Crippen LogP contribution in [-0.2, 0) is 5.75 Å². The lowest BCUT2D eigenvalue weighted by Gasteiger charge is -2.13. The number of pyridine rings is 1. The van der Waals surface area contributed by atoms with Gasteiger partial charge in [-0.3, -0.25) is 9.36 Å². The van der Waals surface area contributed by atoms with E-state index in [0.29, 0.717) is 42.7 Å². The summed E-state index contributed by atoms with van der Waals surface area (Å²) in [6.45, 7) is 0. The van der Waals surface area contributed by atoms with Gasteiger partial charge in [0.05, 0.1) is 21.2 Å². The second kappa shape index (κ2) is 8.13. The fourth-order valence-electron chi connectivity index (χ4n) is 2.69. The van der Waals surface area contributed by atoms with Gasteiger partial charge in [-0.1, -0.05) is 52.6 Å². The Bertz CT molecular complexity index is 1230. The SMILES string of the molecule is O=c1c2ncccc2nc(SCc2ccc(Cl)c(Cl)c2)n1-c1ccc(Cl)cc1. The zero-order chi connectivity index (χ0) is 19.7. The highest BCUT2D eigenvalue weighted by Crippen LogP contribution is 2.28. The van der Waals surface area contributed by atoms with Crippen molar-refractivity contribution in [2.24, 2.45) is 0 Å². The van der Waals surface area contributed by atoms with E-state index in [1.165, 1.54) is 11.8 Å². The molecule has 0 saturated heterocycles. The quantitative estimate of drug-likeness (QED) is 0.282. The fraction of sp³-hybridized carbons (Fsp3) is 0.0500. The number of benzene rings is 2. The lowest BCUT2D eigenvalue weighted by atomic mass is 10.2. The summed E-state index contributed by atoms with van der Waals surface area (Å²) in [6.07, 6.45) is 1.58. The summed E-state index contributed by atoms with van der Waals surface area (Å²) in [5, 5.41) is 2.14. The van der Waals surface area contributed by atoms with E-state index in [2.05, 4.69) is 9.97 Å². The predicted octanol–water partition coefficient (Wildman–Crippen LogP) is 6.03. The molecule has 0 saturated carbocycles. The summed E-state index contributed by atoms with van der Waals surface area (Å²) in [6, 6.07) is 16.0. The summed E-state index contributed by atoms with van der Waals surface area (Å²) >= 11 is 19.5.